The Morgan fingerprint density at radius 2 is 2.25 bits per heavy atom. The van der Waals surface area contributed by atoms with Gasteiger partial charge in [-0.05, 0) is 12.8 Å². The molecule has 3 rings (SSSR count). The zero-order valence-corrected chi connectivity index (χ0v) is 13.7. The van der Waals surface area contributed by atoms with Crippen molar-refractivity contribution in [3.05, 3.63) is 29.3 Å². The van der Waals surface area contributed by atoms with Crippen LogP contribution in [-0.4, -0.2) is 39.6 Å². The highest BCUT2D eigenvalue weighted by atomic mass is 32.1. The van der Waals surface area contributed by atoms with Crippen molar-refractivity contribution >= 4 is 22.4 Å². The highest BCUT2D eigenvalue weighted by molar-refractivity contribution is 7.13. The van der Waals surface area contributed by atoms with Crippen LogP contribution in [0.25, 0.3) is 0 Å². The second-order valence-corrected chi connectivity index (χ2v) is 6.53. The molecule has 2 aromatic heterocycles. The fraction of sp³-hybridized carbons (Fsp3) is 0.500. The van der Waals surface area contributed by atoms with Crippen molar-refractivity contribution in [2.75, 3.05) is 18.0 Å². The maximum absolute atomic E-state index is 12.7. The van der Waals surface area contributed by atoms with Crippen LogP contribution in [-0.2, 0) is 13.2 Å². The molecule has 6 nitrogen and oxygen atoms in total. The lowest BCUT2D eigenvalue weighted by atomic mass is 10.1. The van der Waals surface area contributed by atoms with Gasteiger partial charge in [-0.15, -0.1) is 11.3 Å². The first-order valence-electron chi connectivity index (χ1n) is 7.39. The first-order chi connectivity index (χ1) is 11.3. The third-order valence-corrected chi connectivity index (χ3v) is 4.65. The molecule has 0 bridgehead atoms. The zero-order chi connectivity index (χ0) is 17.3. The molecule has 1 saturated heterocycles. The van der Waals surface area contributed by atoms with E-state index in [-0.39, 0.29) is 11.9 Å². The van der Waals surface area contributed by atoms with Crippen LogP contribution in [0.15, 0.2) is 17.9 Å². The maximum atomic E-state index is 12.7. The molecule has 1 aliphatic rings. The van der Waals surface area contributed by atoms with E-state index >= 15 is 0 Å². The summed E-state index contributed by atoms with van der Waals surface area (Å²) in [7, 11) is 1.77. The molecule has 1 aliphatic heterocycles. The monoisotopic (exact) mass is 359 g/mol. The number of nitrogens with zero attached hydrogens (tertiary/aromatic N) is 4. The van der Waals surface area contributed by atoms with Crippen molar-refractivity contribution in [3.63, 3.8) is 0 Å². The Bertz CT molecular complexity index is 726. The standard InChI is InChI=1S/C14H16F3N5OS/c1-21-6-10(18-8-21)12(23)19-9-3-2-4-22(5-9)13-20-11(7-24-13)14(15,16)17/h6-9H,2-5H2,1H3,(H,19,23). The molecule has 1 fully saturated rings. The number of amides is 1. The van der Waals surface area contributed by atoms with Crippen LogP contribution >= 0.6 is 11.3 Å². The summed E-state index contributed by atoms with van der Waals surface area (Å²) >= 11 is 0.970. The van der Waals surface area contributed by atoms with Crippen molar-refractivity contribution in [2.24, 2.45) is 7.05 Å². The lowest BCUT2D eigenvalue weighted by Crippen LogP contribution is -2.48. The van der Waals surface area contributed by atoms with Crippen molar-refractivity contribution < 1.29 is 18.0 Å². The highest BCUT2D eigenvalue weighted by Crippen LogP contribution is 2.33. The summed E-state index contributed by atoms with van der Waals surface area (Å²) in [5.74, 6) is -0.280. The number of alkyl halides is 3. The predicted molar refractivity (Wildman–Crippen MR) is 83.0 cm³/mol. The molecule has 1 N–H and O–H groups in total. The Hall–Kier alpha value is -2.10. The number of hydrogen-bond acceptors (Lipinski definition) is 5. The molecule has 2 aromatic rings. The molecule has 1 atom stereocenters. The molecule has 1 amide bonds. The van der Waals surface area contributed by atoms with Gasteiger partial charge in [0.25, 0.3) is 5.91 Å². The highest BCUT2D eigenvalue weighted by Gasteiger charge is 2.35. The largest absolute Gasteiger partial charge is 0.434 e. The molecule has 24 heavy (non-hydrogen) atoms. The summed E-state index contributed by atoms with van der Waals surface area (Å²) < 4.78 is 39.7. The number of halogens is 3. The number of carbonyl (C=O) groups is 1. The van der Waals surface area contributed by atoms with Gasteiger partial charge in [0, 0.05) is 37.8 Å². The van der Waals surface area contributed by atoms with E-state index in [9.17, 15) is 18.0 Å². The fourth-order valence-electron chi connectivity index (χ4n) is 2.60. The van der Waals surface area contributed by atoms with Gasteiger partial charge in [0.15, 0.2) is 10.8 Å². The summed E-state index contributed by atoms with van der Waals surface area (Å²) in [6.45, 7) is 1.06. The van der Waals surface area contributed by atoms with E-state index < -0.39 is 11.9 Å². The second-order valence-electron chi connectivity index (χ2n) is 5.70. The molecule has 3 heterocycles. The zero-order valence-electron chi connectivity index (χ0n) is 12.9. The Balaban J connectivity index is 1.64. The van der Waals surface area contributed by atoms with Crippen LogP contribution in [0.5, 0.6) is 0 Å². The summed E-state index contributed by atoms with van der Waals surface area (Å²) in [4.78, 5) is 21.6. The second kappa shape index (κ2) is 6.42. The molecule has 130 valence electrons. The number of nitrogens with one attached hydrogen (secondary N) is 1. The van der Waals surface area contributed by atoms with Gasteiger partial charge in [-0.1, -0.05) is 0 Å². The Kier molecular flexibility index (Phi) is 4.48. The molecule has 0 spiro atoms. The van der Waals surface area contributed by atoms with Crippen LogP contribution in [0, 0.1) is 0 Å². The minimum atomic E-state index is -4.43. The SMILES string of the molecule is Cn1cnc(C(=O)NC2CCCN(c3nc(C(F)(F)F)cs3)C2)c1. The van der Waals surface area contributed by atoms with E-state index in [0.717, 1.165) is 29.6 Å². The molecular formula is C14H16F3N5OS. The number of aryl methyl sites for hydroxylation is 1. The number of anilines is 1. The lowest BCUT2D eigenvalue weighted by molar-refractivity contribution is -0.140. The average molecular weight is 359 g/mol. The van der Waals surface area contributed by atoms with Gasteiger partial charge in [0.05, 0.1) is 6.33 Å². The number of imidazole rings is 1. The van der Waals surface area contributed by atoms with Gasteiger partial charge in [-0.25, -0.2) is 9.97 Å². The van der Waals surface area contributed by atoms with Crippen molar-refractivity contribution in [3.8, 4) is 0 Å². The Labute approximate surface area is 140 Å². The molecule has 0 radical (unpaired) electrons. The third-order valence-electron chi connectivity index (χ3n) is 3.75. The summed E-state index contributed by atoms with van der Waals surface area (Å²) in [5.41, 5.74) is -0.551. The minimum Gasteiger partial charge on any atom is -0.346 e. The number of hydrogen-bond donors (Lipinski definition) is 1. The van der Waals surface area contributed by atoms with E-state index in [1.807, 2.05) is 0 Å². The molecule has 0 aliphatic carbocycles. The van der Waals surface area contributed by atoms with Gasteiger partial charge in [-0.3, -0.25) is 4.79 Å². The summed E-state index contributed by atoms with van der Waals surface area (Å²) in [5, 5.41) is 4.24. The topological polar surface area (TPSA) is 63.1 Å². The van der Waals surface area contributed by atoms with E-state index in [4.69, 9.17) is 0 Å². The van der Waals surface area contributed by atoms with Gasteiger partial charge >= 0.3 is 6.18 Å². The molecule has 0 saturated carbocycles. The van der Waals surface area contributed by atoms with Crippen molar-refractivity contribution in [1.29, 1.82) is 0 Å². The normalized spacial score (nSPS) is 18.7. The van der Waals surface area contributed by atoms with Gasteiger partial charge in [0.1, 0.15) is 5.69 Å². The van der Waals surface area contributed by atoms with E-state index in [1.54, 1.807) is 22.7 Å². The quantitative estimate of drug-likeness (QED) is 0.913. The Morgan fingerprint density at radius 1 is 1.46 bits per heavy atom. The lowest BCUT2D eigenvalue weighted by Gasteiger charge is -2.32. The number of carbonyl (C=O) groups excluding carboxylic acids is 1. The van der Waals surface area contributed by atoms with Crippen LogP contribution in [0.4, 0.5) is 18.3 Å². The van der Waals surface area contributed by atoms with E-state index in [0.29, 0.717) is 23.9 Å². The summed E-state index contributed by atoms with van der Waals surface area (Å²) in [6, 6.07) is -0.147. The Morgan fingerprint density at radius 3 is 2.88 bits per heavy atom. The average Bonchev–Trinajstić information content (AvgIpc) is 3.16. The smallest absolute Gasteiger partial charge is 0.346 e. The van der Waals surface area contributed by atoms with E-state index in [2.05, 4.69) is 15.3 Å². The molecule has 0 aromatic carbocycles. The van der Waals surface area contributed by atoms with Gasteiger partial charge in [-0.2, -0.15) is 13.2 Å². The molecule has 1 unspecified atom stereocenters. The number of aromatic nitrogens is 3. The van der Waals surface area contributed by atoms with Crippen LogP contribution in [0.1, 0.15) is 29.0 Å². The van der Waals surface area contributed by atoms with Crippen LogP contribution < -0.4 is 10.2 Å². The first kappa shape index (κ1) is 16.7. The van der Waals surface area contributed by atoms with E-state index in [1.165, 1.54) is 6.33 Å². The number of piperidine rings is 1. The molecular weight excluding hydrogens is 343 g/mol. The summed E-state index contributed by atoms with van der Waals surface area (Å²) in [6.07, 6.45) is 0.264. The minimum absolute atomic E-state index is 0.147. The van der Waals surface area contributed by atoms with Crippen LogP contribution in [0.3, 0.4) is 0 Å². The van der Waals surface area contributed by atoms with Crippen molar-refractivity contribution in [2.45, 2.75) is 25.1 Å². The first-order valence-corrected chi connectivity index (χ1v) is 8.27. The fourth-order valence-corrected chi connectivity index (χ4v) is 3.47. The molecule has 10 heteroatoms. The third kappa shape index (κ3) is 3.69. The van der Waals surface area contributed by atoms with Gasteiger partial charge in [0.2, 0.25) is 0 Å². The number of rotatable bonds is 3. The predicted octanol–water partition coefficient (Wildman–Crippen LogP) is 2.29. The van der Waals surface area contributed by atoms with Gasteiger partial charge < -0.3 is 14.8 Å². The van der Waals surface area contributed by atoms with Crippen LogP contribution in [0.2, 0.25) is 0 Å². The number of thiazole rings is 1. The van der Waals surface area contributed by atoms with Crippen molar-refractivity contribution in [1.82, 2.24) is 19.9 Å². The maximum Gasteiger partial charge on any atom is 0.434 e.